The quantitative estimate of drug-likeness (QED) is 0.662. The summed E-state index contributed by atoms with van der Waals surface area (Å²) in [5.41, 5.74) is 3.98. The van der Waals surface area contributed by atoms with Crippen LogP contribution in [0.5, 0.6) is 0 Å². The minimum Gasteiger partial charge on any atom is -0.267 e. The van der Waals surface area contributed by atoms with Crippen LogP contribution in [0.25, 0.3) is 6.08 Å². The number of hydrogen-bond acceptors (Lipinski definition) is 3. The van der Waals surface area contributed by atoms with Crippen LogP contribution in [0.2, 0.25) is 0 Å². The lowest BCUT2D eigenvalue weighted by molar-refractivity contribution is -0.117. The Morgan fingerprint density at radius 1 is 1.05 bits per heavy atom. The van der Waals surface area contributed by atoms with Gasteiger partial charge >= 0.3 is 0 Å². The molecule has 1 saturated heterocycles. The van der Waals surface area contributed by atoms with Gasteiger partial charge in [-0.3, -0.25) is 20.0 Å². The Kier molecular flexibility index (Phi) is 3.01. The molecule has 0 unspecified atom stereocenters. The van der Waals surface area contributed by atoms with Gasteiger partial charge in [0, 0.05) is 12.4 Å². The normalized spacial score (nSPS) is 16.6. The number of anilines is 1. The van der Waals surface area contributed by atoms with Crippen molar-refractivity contribution in [3.8, 4) is 0 Å². The van der Waals surface area contributed by atoms with Crippen molar-refractivity contribution in [1.29, 1.82) is 0 Å². The maximum Gasteiger partial charge on any atom is 0.282 e. The number of nitrogens with one attached hydrogen (secondary N) is 1. The summed E-state index contributed by atoms with van der Waals surface area (Å²) in [7, 11) is 0. The van der Waals surface area contributed by atoms with Crippen molar-refractivity contribution in [2.45, 2.75) is 0 Å². The van der Waals surface area contributed by atoms with Gasteiger partial charge in [0.2, 0.25) is 0 Å². The highest BCUT2D eigenvalue weighted by atomic mass is 16.2. The Morgan fingerprint density at radius 2 is 1.85 bits per heavy atom. The highest BCUT2D eigenvalue weighted by Gasteiger charge is 2.34. The number of pyridine rings is 1. The van der Waals surface area contributed by atoms with E-state index in [1.807, 2.05) is 6.07 Å². The third kappa shape index (κ3) is 2.16. The summed E-state index contributed by atoms with van der Waals surface area (Å²) in [6.07, 6.45) is 4.77. The molecule has 5 nitrogen and oxygen atoms in total. The van der Waals surface area contributed by atoms with E-state index in [9.17, 15) is 9.59 Å². The highest BCUT2D eigenvalue weighted by Crippen LogP contribution is 2.20. The van der Waals surface area contributed by atoms with Crippen LogP contribution in [-0.4, -0.2) is 16.8 Å². The molecular formula is C15H11N3O2. The standard InChI is InChI=1S/C15H11N3O2/c19-14-13(9-11-5-4-8-16-10-11)15(20)18(17-14)12-6-2-1-3-7-12/h1-10H,(H,17,19)/b13-9-. The Hall–Kier alpha value is -2.95. The predicted octanol–water partition coefficient (Wildman–Crippen LogP) is 1.54. The van der Waals surface area contributed by atoms with E-state index in [4.69, 9.17) is 0 Å². The molecule has 0 saturated carbocycles. The third-order valence-electron chi connectivity index (χ3n) is 2.90. The molecule has 2 heterocycles. The smallest absolute Gasteiger partial charge is 0.267 e. The number of nitrogens with zero attached hydrogens (tertiary/aromatic N) is 2. The van der Waals surface area contributed by atoms with Crippen LogP contribution in [0.1, 0.15) is 5.56 Å². The maximum absolute atomic E-state index is 12.3. The summed E-state index contributed by atoms with van der Waals surface area (Å²) in [4.78, 5) is 28.1. The lowest BCUT2D eigenvalue weighted by Crippen LogP contribution is -2.35. The molecule has 5 heteroatoms. The van der Waals surface area contributed by atoms with Crippen molar-refractivity contribution < 1.29 is 9.59 Å². The molecule has 1 aromatic carbocycles. The summed E-state index contributed by atoms with van der Waals surface area (Å²) in [6, 6.07) is 12.5. The zero-order valence-electron chi connectivity index (χ0n) is 10.5. The number of benzene rings is 1. The number of carbonyl (C=O) groups excluding carboxylic acids is 2. The molecule has 2 aromatic rings. The average Bonchev–Trinajstić information content (AvgIpc) is 2.77. The zero-order chi connectivity index (χ0) is 13.9. The lowest BCUT2D eigenvalue weighted by Gasteiger charge is -2.13. The molecule has 1 aliphatic rings. The van der Waals surface area contributed by atoms with Gasteiger partial charge in [-0.25, -0.2) is 5.01 Å². The molecule has 1 fully saturated rings. The molecular weight excluding hydrogens is 254 g/mol. The minimum absolute atomic E-state index is 0.0989. The summed E-state index contributed by atoms with van der Waals surface area (Å²) < 4.78 is 0. The number of rotatable bonds is 2. The predicted molar refractivity (Wildman–Crippen MR) is 74.3 cm³/mol. The second-order valence-electron chi connectivity index (χ2n) is 4.26. The molecule has 1 N–H and O–H groups in total. The molecule has 3 rings (SSSR count). The largest absolute Gasteiger partial charge is 0.282 e. The summed E-state index contributed by atoms with van der Waals surface area (Å²) in [5.74, 6) is -0.784. The second-order valence-corrected chi connectivity index (χ2v) is 4.26. The van der Waals surface area contributed by atoms with Crippen LogP contribution in [-0.2, 0) is 9.59 Å². The molecule has 20 heavy (non-hydrogen) atoms. The van der Waals surface area contributed by atoms with E-state index in [0.717, 1.165) is 0 Å². The van der Waals surface area contributed by atoms with Gasteiger partial charge in [0.1, 0.15) is 5.57 Å². The Bertz CT molecular complexity index is 681. The van der Waals surface area contributed by atoms with Crippen LogP contribution in [0.15, 0.2) is 60.4 Å². The van der Waals surface area contributed by atoms with E-state index in [0.29, 0.717) is 11.3 Å². The van der Waals surface area contributed by atoms with E-state index in [2.05, 4.69) is 10.4 Å². The van der Waals surface area contributed by atoms with Gasteiger partial charge in [-0.05, 0) is 29.8 Å². The molecule has 0 bridgehead atoms. The number of para-hydroxylation sites is 1. The molecule has 1 aliphatic heterocycles. The van der Waals surface area contributed by atoms with E-state index in [1.165, 1.54) is 11.1 Å². The second kappa shape index (κ2) is 4.97. The average molecular weight is 265 g/mol. The van der Waals surface area contributed by atoms with E-state index in [1.54, 1.807) is 48.8 Å². The first-order valence-electron chi connectivity index (χ1n) is 6.08. The maximum atomic E-state index is 12.3. The molecule has 98 valence electrons. The number of hydrazine groups is 1. The van der Waals surface area contributed by atoms with Crippen LogP contribution < -0.4 is 10.4 Å². The highest BCUT2D eigenvalue weighted by molar-refractivity contribution is 6.31. The first-order chi connectivity index (χ1) is 9.75. The van der Waals surface area contributed by atoms with Gasteiger partial charge in [-0.15, -0.1) is 0 Å². The Balaban J connectivity index is 1.94. The van der Waals surface area contributed by atoms with Crippen LogP contribution in [0, 0.1) is 0 Å². The van der Waals surface area contributed by atoms with Crippen LogP contribution >= 0.6 is 0 Å². The van der Waals surface area contributed by atoms with Crippen molar-refractivity contribution in [2.75, 3.05) is 5.01 Å². The summed E-state index contributed by atoms with van der Waals surface area (Å²) in [6.45, 7) is 0. The molecule has 0 aliphatic carbocycles. The van der Waals surface area contributed by atoms with Gasteiger partial charge < -0.3 is 0 Å². The van der Waals surface area contributed by atoms with E-state index in [-0.39, 0.29) is 11.5 Å². The molecule has 2 amide bonds. The number of hydrogen-bond donors (Lipinski definition) is 1. The fourth-order valence-electron chi connectivity index (χ4n) is 1.94. The van der Waals surface area contributed by atoms with Crippen LogP contribution in [0.3, 0.4) is 0 Å². The molecule has 0 radical (unpaired) electrons. The summed E-state index contributed by atoms with van der Waals surface area (Å²) >= 11 is 0. The SMILES string of the molecule is O=C1NN(c2ccccc2)C(=O)/C1=C\c1cccnc1. The van der Waals surface area contributed by atoms with E-state index < -0.39 is 5.91 Å². The van der Waals surface area contributed by atoms with Gasteiger partial charge in [0.05, 0.1) is 5.69 Å². The topological polar surface area (TPSA) is 62.3 Å². The summed E-state index contributed by atoms with van der Waals surface area (Å²) in [5, 5.41) is 1.24. The fourth-order valence-corrected chi connectivity index (χ4v) is 1.94. The van der Waals surface area contributed by atoms with Gasteiger partial charge in [-0.1, -0.05) is 24.3 Å². The fraction of sp³-hybridized carbons (Fsp3) is 0. The van der Waals surface area contributed by atoms with Gasteiger partial charge in [-0.2, -0.15) is 0 Å². The first-order valence-corrected chi connectivity index (χ1v) is 6.08. The number of carbonyl (C=O) groups is 2. The minimum atomic E-state index is -0.414. The van der Waals surface area contributed by atoms with Crippen molar-refractivity contribution >= 4 is 23.6 Å². The monoisotopic (exact) mass is 265 g/mol. The van der Waals surface area contributed by atoms with Crippen LogP contribution in [0.4, 0.5) is 5.69 Å². The lowest BCUT2D eigenvalue weighted by atomic mass is 10.1. The van der Waals surface area contributed by atoms with Gasteiger partial charge in [0.15, 0.2) is 0 Å². The third-order valence-corrected chi connectivity index (χ3v) is 2.90. The number of aromatic nitrogens is 1. The Labute approximate surface area is 115 Å². The van der Waals surface area contributed by atoms with Gasteiger partial charge in [0.25, 0.3) is 11.8 Å². The number of amides is 2. The van der Waals surface area contributed by atoms with Crippen molar-refractivity contribution in [1.82, 2.24) is 10.4 Å². The van der Waals surface area contributed by atoms with Crippen molar-refractivity contribution in [2.24, 2.45) is 0 Å². The van der Waals surface area contributed by atoms with Crippen molar-refractivity contribution in [3.63, 3.8) is 0 Å². The van der Waals surface area contributed by atoms with E-state index >= 15 is 0 Å². The molecule has 0 atom stereocenters. The Morgan fingerprint density at radius 3 is 2.55 bits per heavy atom. The zero-order valence-corrected chi connectivity index (χ0v) is 10.5. The first kappa shape index (κ1) is 12.1. The molecule has 0 spiro atoms. The van der Waals surface area contributed by atoms with Crippen molar-refractivity contribution in [3.05, 3.63) is 66.0 Å². The molecule has 1 aromatic heterocycles.